The Morgan fingerprint density at radius 3 is 2.15 bits per heavy atom. The molecule has 1 heterocycles. The Morgan fingerprint density at radius 2 is 1.63 bits per heavy atom. The molecule has 2 aromatic carbocycles. The highest BCUT2D eigenvalue weighted by Crippen LogP contribution is 2.26. The van der Waals surface area contributed by atoms with Crippen molar-refractivity contribution >= 4 is 39.2 Å². The van der Waals surface area contributed by atoms with Crippen LogP contribution in [0.1, 0.15) is 12.5 Å². The van der Waals surface area contributed by atoms with Crippen molar-refractivity contribution in [2.75, 3.05) is 24.0 Å². The first-order valence-corrected chi connectivity index (χ1v) is 9.57. The van der Waals surface area contributed by atoms with E-state index in [-0.39, 0.29) is 10.8 Å². The van der Waals surface area contributed by atoms with Gasteiger partial charge in [-0.15, -0.1) is 0 Å². The number of hydrogen-bond donors (Lipinski definition) is 1. The Labute approximate surface area is 158 Å². The van der Waals surface area contributed by atoms with Crippen LogP contribution in [0, 0.1) is 0 Å². The minimum Gasteiger partial charge on any atom is -0.378 e. The topological polar surface area (TPSA) is 90.3 Å². The fourth-order valence-corrected chi connectivity index (χ4v) is 3.13. The summed E-state index contributed by atoms with van der Waals surface area (Å²) in [5.41, 5.74) is 3.38. The van der Waals surface area contributed by atoms with Gasteiger partial charge in [-0.3, -0.25) is 9.35 Å². The molecule has 0 atom stereocenters. The number of carbonyl (C=O) groups excluding carboxylic acids is 1. The van der Waals surface area contributed by atoms with Gasteiger partial charge in [-0.25, -0.2) is 0 Å². The third-order valence-electron chi connectivity index (χ3n) is 4.16. The summed E-state index contributed by atoms with van der Waals surface area (Å²) in [5, 5.41) is 5.48. The second-order valence-corrected chi connectivity index (χ2v) is 7.74. The van der Waals surface area contributed by atoms with Crippen molar-refractivity contribution in [2.24, 2.45) is 5.10 Å². The quantitative estimate of drug-likeness (QED) is 0.646. The van der Waals surface area contributed by atoms with Crippen LogP contribution in [-0.2, 0) is 14.9 Å². The molecule has 1 aliphatic heterocycles. The van der Waals surface area contributed by atoms with Crippen molar-refractivity contribution in [3.05, 3.63) is 59.7 Å². The summed E-state index contributed by atoms with van der Waals surface area (Å²) in [6.45, 7) is 1.74. The summed E-state index contributed by atoms with van der Waals surface area (Å²) < 4.78 is 31.3. The van der Waals surface area contributed by atoms with Crippen LogP contribution in [0.15, 0.2) is 64.1 Å². The summed E-state index contributed by atoms with van der Waals surface area (Å²) in [5.74, 6) is -0.302. The van der Waals surface area contributed by atoms with Crippen molar-refractivity contribution in [1.82, 2.24) is 0 Å². The molecule has 8 heteroatoms. The molecule has 0 unspecified atom stereocenters. The zero-order chi connectivity index (χ0) is 19.8. The Hall–Kier alpha value is -2.97. The van der Waals surface area contributed by atoms with E-state index < -0.39 is 10.1 Å². The van der Waals surface area contributed by atoms with Crippen LogP contribution < -0.4 is 9.91 Å². The van der Waals surface area contributed by atoms with E-state index >= 15 is 0 Å². The lowest BCUT2D eigenvalue weighted by atomic mass is 10.1. The smallest absolute Gasteiger partial charge is 0.294 e. The molecule has 1 amide bonds. The molecule has 0 aliphatic carbocycles. The lowest BCUT2D eigenvalue weighted by Gasteiger charge is -2.12. The molecule has 0 saturated heterocycles. The third kappa shape index (κ3) is 3.91. The highest BCUT2D eigenvalue weighted by atomic mass is 32.2. The molecule has 0 fully saturated rings. The Bertz CT molecular complexity index is 1040. The van der Waals surface area contributed by atoms with Crippen LogP contribution in [0.25, 0.3) is 6.08 Å². The zero-order valence-corrected chi connectivity index (χ0v) is 15.9. The average molecular weight is 385 g/mol. The van der Waals surface area contributed by atoms with Gasteiger partial charge in [0.2, 0.25) is 0 Å². The largest absolute Gasteiger partial charge is 0.378 e. The van der Waals surface area contributed by atoms with E-state index in [2.05, 4.69) is 5.10 Å². The average Bonchev–Trinajstić information content (AvgIpc) is 2.90. The minimum absolute atomic E-state index is 0.240. The van der Waals surface area contributed by atoms with Gasteiger partial charge in [-0.1, -0.05) is 12.1 Å². The summed E-state index contributed by atoms with van der Waals surface area (Å²) in [4.78, 5) is 14.5. The second kappa shape index (κ2) is 6.98. The molecule has 0 radical (unpaired) electrons. The molecule has 2 aromatic rings. The number of carbonyl (C=O) groups is 1. The van der Waals surface area contributed by atoms with Gasteiger partial charge in [0.05, 0.1) is 21.9 Å². The maximum Gasteiger partial charge on any atom is 0.294 e. The van der Waals surface area contributed by atoms with Crippen molar-refractivity contribution in [3.8, 4) is 0 Å². The lowest BCUT2D eigenvalue weighted by molar-refractivity contribution is -0.114. The Kier molecular flexibility index (Phi) is 4.86. The van der Waals surface area contributed by atoms with Crippen molar-refractivity contribution in [3.63, 3.8) is 0 Å². The molecule has 140 valence electrons. The third-order valence-corrected chi connectivity index (χ3v) is 5.03. The molecule has 7 nitrogen and oxygen atoms in total. The van der Waals surface area contributed by atoms with Crippen molar-refractivity contribution in [1.29, 1.82) is 0 Å². The number of nitrogens with zero attached hydrogens (tertiary/aromatic N) is 3. The molecule has 0 aromatic heterocycles. The summed E-state index contributed by atoms with van der Waals surface area (Å²) >= 11 is 0. The number of rotatable bonds is 4. The van der Waals surface area contributed by atoms with Gasteiger partial charge in [0.25, 0.3) is 16.0 Å². The highest BCUT2D eigenvalue weighted by molar-refractivity contribution is 7.85. The van der Waals surface area contributed by atoms with Gasteiger partial charge in [0.1, 0.15) is 0 Å². The summed E-state index contributed by atoms with van der Waals surface area (Å²) in [7, 11) is -0.374. The van der Waals surface area contributed by atoms with E-state index in [4.69, 9.17) is 4.55 Å². The first-order chi connectivity index (χ1) is 12.7. The van der Waals surface area contributed by atoms with Gasteiger partial charge >= 0.3 is 0 Å². The highest BCUT2D eigenvalue weighted by Gasteiger charge is 2.28. The number of anilines is 2. The monoisotopic (exact) mass is 385 g/mol. The van der Waals surface area contributed by atoms with Crippen LogP contribution in [0.2, 0.25) is 0 Å². The van der Waals surface area contributed by atoms with Crippen LogP contribution in [0.3, 0.4) is 0 Å². The Morgan fingerprint density at radius 1 is 1.04 bits per heavy atom. The summed E-state index contributed by atoms with van der Waals surface area (Å²) in [6, 6.07) is 13.1. The molecule has 0 saturated carbocycles. The first-order valence-electron chi connectivity index (χ1n) is 8.13. The molecule has 1 N–H and O–H groups in total. The molecule has 0 spiro atoms. The van der Waals surface area contributed by atoms with Gasteiger partial charge in [-0.05, 0) is 55.0 Å². The fourth-order valence-electron chi connectivity index (χ4n) is 2.65. The van der Waals surface area contributed by atoms with Crippen LogP contribution in [0.5, 0.6) is 0 Å². The van der Waals surface area contributed by atoms with Crippen LogP contribution in [-0.4, -0.2) is 38.7 Å². The van der Waals surface area contributed by atoms with E-state index in [0.29, 0.717) is 17.0 Å². The van der Waals surface area contributed by atoms with Gasteiger partial charge in [0.15, 0.2) is 0 Å². The van der Waals surface area contributed by atoms with Crippen LogP contribution in [0.4, 0.5) is 11.4 Å². The molecule has 27 heavy (non-hydrogen) atoms. The van der Waals surface area contributed by atoms with Crippen molar-refractivity contribution < 1.29 is 17.8 Å². The Balaban J connectivity index is 1.87. The van der Waals surface area contributed by atoms with Crippen LogP contribution >= 0.6 is 0 Å². The maximum absolute atomic E-state index is 12.7. The van der Waals surface area contributed by atoms with E-state index in [1.165, 1.54) is 29.3 Å². The standard InChI is InChI=1S/C19H19N3O4S/c1-13-18(12-14-4-6-15(7-5-14)21(2)3)19(23)22(20-13)16-8-10-17(11-9-16)27(24,25)26/h4-12H,1-3H3,(H,24,25,26)/b18-12+. The predicted molar refractivity (Wildman–Crippen MR) is 106 cm³/mol. The number of amides is 1. The van der Waals surface area contributed by atoms with Gasteiger partial charge in [-0.2, -0.15) is 18.5 Å². The van der Waals surface area contributed by atoms with E-state index in [0.717, 1.165) is 11.3 Å². The normalized spacial score (nSPS) is 16.0. The maximum atomic E-state index is 12.7. The molecular weight excluding hydrogens is 366 g/mol. The van der Waals surface area contributed by atoms with E-state index in [9.17, 15) is 13.2 Å². The lowest BCUT2D eigenvalue weighted by Crippen LogP contribution is -2.21. The summed E-state index contributed by atoms with van der Waals surface area (Å²) in [6.07, 6.45) is 1.77. The second-order valence-electron chi connectivity index (χ2n) is 6.32. The SMILES string of the molecule is CC1=NN(c2ccc(S(=O)(=O)O)cc2)C(=O)/C1=C/c1ccc(N(C)C)cc1. The number of hydrogen-bond acceptors (Lipinski definition) is 5. The number of hydrazone groups is 1. The zero-order valence-electron chi connectivity index (χ0n) is 15.1. The first kappa shape index (κ1) is 18.8. The fraction of sp³-hybridized carbons (Fsp3) is 0.158. The van der Waals surface area contributed by atoms with Gasteiger partial charge < -0.3 is 4.90 Å². The van der Waals surface area contributed by atoms with Crippen molar-refractivity contribution in [2.45, 2.75) is 11.8 Å². The van der Waals surface area contributed by atoms with E-state index in [1.807, 2.05) is 43.3 Å². The van der Waals surface area contributed by atoms with Gasteiger partial charge in [0, 0.05) is 19.8 Å². The molecule has 0 bridgehead atoms. The molecule has 1 aliphatic rings. The molecule has 3 rings (SSSR count). The molecular formula is C19H19N3O4S. The predicted octanol–water partition coefficient (Wildman–Crippen LogP) is 2.81. The number of benzene rings is 2. The minimum atomic E-state index is -4.28. The van der Waals surface area contributed by atoms with E-state index in [1.54, 1.807) is 13.0 Å².